The second-order valence-electron chi connectivity index (χ2n) is 5.22. The third kappa shape index (κ3) is 3.88. The van der Waals surface area contributed by atoms with Crippen molar-refractivity contribution in [1.29, 1.82) is 0 Å². The molecular formula is C17H20ClFN2. The zero-order valence-corrected chi connectivity index (χ0v) is 13.3. The van der Waals surface area contributed by atoms with Crippen molar-refractivity contribution < 1.29 is 4.39 Å². The lowest BCUT2D eigenvalue weighted by Crippen LogP contribution is -2.15. The van der Waals surface area contributed by atoms with Gasteiger partial charge in [0.25, 0.3) is 0 Å². The summed E-state index contributed by atoms with van der Waals surface area (Å²) in [6.45, 7) is 2.07. The number of hydrogen-bond donors (Lipinski definition) is 1. The fraction of sp³-hybridized carbons (Fsp3) is 0.294. The van der Waals surface area contributed by atoms with Crippen LogP contribution in [0.15, 0.2) is 42.5 Å². The van der Waals surface area contributed by atoms with Gasteiger partial charge in [0.05, 0.1) is 17.4 Å². The molecule has 0 aliphatic carbocycles. The van der Waals surface area contributed by atoms with Crippen molar-refractivity contribution in [3.05, 3.63) is 58.9 Å². The average molecular weight is 307 g/mol. The van der Waals surface area contributed by atoms with Gasteiger partial charge in [-0.3, -0.25) is 0 Å². The van der Waals surface area contributed by atoms with Crippen molar-refractivity contribution in [2.45, 2.75) is 19.4 Å². The van der Waals surface area contributed by atoms with Crippen LogP contribution in [-0.4, -0.2) is 14.1 Å². The normalized spacial score (nSPS) is 12.0. The van der Waals surface area contributed by atoms with Crippen LogP contribution in [0.4, 0.5) is 15.8 Å². The average Bonchev–Trinajstić information content (AvgIpc) is 2.44. The van der Waals surface area contributed by atoms with E-state index < -0.39 is 0 Å². The summed E-state index contributed by atoms with van der Waals surface area (Å²) in [5, 5.41) is 4.15. The molecule has 0 aliphatic heterocycles. The second-order valence-corrected chi connectivity index (χ2v) is 5.65. The highest BCUT2D eigenvalue weighted by Gasteiger charge is 2.13. The molecule has 0 radical (unpaired) electrons. The minimum absolute atomic E-state index is 0.0397. The fourth-order valence-electron chi connectivity index (χ4n) is 2.35. The summed E-state index contributed by atoms with van der Waals surface area (Å²) in [5.74, 6) is -0.216. The van der Waals surface area contributed by atoms with Crippen LogP contribution >= 0.6 is 11.6 Å². The maximum absolute atomic E-state index is 13.4. The molecule has 112 valence electrons. The van der Waals surface area contributed by atoms with Gasteiger partial charge < -0.3 is 10.2 Å². The fourth-order valence-corrected chi connectivity index (χ4v) is 2.52. The second kappa shape index (κ2) is 6.81. The van der Waals surface area contributed by atoms with E-state index in [1.54, 1.807) is 12.1 Å². The first kappa shape index (κ1) is 15.6. The molecule has 0 fully saturated rings. The molecule has 0 amide bonds. The summed E-state index contributed by atoms with van der Waals surface area (Å²) in [7, 11) is 3.97. The summed E-state index contributed by atoms with van der Waals surface area (Å²) < 4.78 is 13.4. The van der Waals surface area contributed by atoms with Gasteiger partial charge in [-0.15, -0.1) is 0 Å². The topological polar surface area (TPSA) is 15.3 Å². The molecule has 0 bridgehead atoms. The number of benzene rings is 2. The predicted molar refractivity (Wildman–Crippen MR) is 88.8 cm³/mol. The van der Waals surface area contributed by atoms with Gasteiger partial charge in [-0.25, -0.2) is 4.39 Å². The number of anilines is 2. The Balaban J connectivity index is 2.32. The van der Waals surface area contributed by atoms with Crippen LogP contribution in [0.5, 0.6) is 0 Å². The van der Waals surface area contributed by atoms with Gasteiger partial charge in [-0.1, -0.05) is 30.7 Å². The Labute approximate surface area is 130 Å². The molecule has 4 heteroatoms. The van der Waals surface area contributed by atoms with Gasteiger partial charge in [0, 0.05) is 19.1 Å². The molecule has 0 spiro atoms. The molecule has 0 aliphatic rings. The summed E-state index contributed by atoms with van der Waals surface area (Å²) in [6, 6.07) is 12.5. The van der Waals surface area contributed by atoms with E-state index in [9.17, 15) is 4.39 Å². The molecule has 21 heavy (non-hydrogen) atoms. The van der Waals surface area contributed by atoms with Gasteiger partial charge in [0.15, 0.2) is 0 Å². The molecule has 1 atom stereocenters. The quantitative estimate of drug-likeness (QED) is 0.826. The first-order chi connectivity index (χ1) is 10.0. The standard InChI is InChI=1S/C17H20ClFN2/c1-4-15(12-6-5-7-14(19)10-12)20-16-11-13(18)8-9-17(16)21(2)3/h5-11,15,20H,4H2,1-3H3. The van der Waals surface area contributed by atoms with Crippen molar-refractivity contribution in [2.24, 2.45) is 0 Å². The third-order valence-corrected chi connectivity index (χ3v) is 3.66. The maximum atomic E-state index is 13.4. The lowest BCUT2D eigenvalue weighted by molar-refractivity contribution is 0.621. The van der Waals surface area contributed by atoms with Gasteiger partial charge in [0.1, 0.15) is 5.82 Å². The van der Waals surface area contributed by atoms with Crippen LogP contribution in [0.1, 0.15) is 24.9 Å². The minimum Gasteiger partial charge on any atom is -0.377 e. The molecule has 1 unspecified atom stereocenters. The first-order valence-corrected chi connectivity index (χ1v) is 7.38. The number of nitrogens with zero attached hydrogens (tertiary/aromatic N) is 1. The first-order valence-electron chi connectivity index (χ1n) is 7.00. The van der Waals surface area contributed by atoms with Crippen LogP contribution in [0.2, 0.25) is 5.02 Å². The summed E-state index contributed by atoms with van der Waals surface area (Å²) in [6.07, 6.45) is 0.850. The summed E-state index contributed by atoms with van der Waals surface area (Å²) in [5.41, 5.74) is 2.93. The Morgan fingerprint density at radius 2 is 1.95 bits per heavy atom. The number of rotatable bonds is 5. The van der Waals surface area contributed by atoms with Crippen LogP contribution < -0.4 is 10.2 Å². The van der Waals surface area contributed by atoms with Gasteiger partial charge in [-0.2, -0.15) is 0 Å². The van der Waals surface area contributed by atoms with E-state index in [-0.39, 0.29) is 11.9 Å². The number of halogens is 2. The Bertz CT molecular complexity index is 613. The highest BCUT2D eigenvalue weighted by molar-refractivity contribution is 6.31. The van der Waals surface area contributed by atoms with Crippen molar-refractivity contribution in [3.63, 3.8) is 0 Å². The Morgan fingerprint density at radius 1 is 1.19 bits per heavy atom. The molecule has 0 heterocycles. The van der Waals surface area contributed by atoms with Crippen molar-refractivity contribution >= 4 is 23.0 Å². The monoisotopic (exact) mass is 306 g/mol. The molecular weight excluding hydrogens is 287 g/mol. The molecule has 0 aromatic heterocycles. The SMILES string of the molecule is CCC(Nc1cc(Cl)ccc1N(C)C)c1cccc(F)c1. The molecule has 2 aromatic carbocycles. The zero-order valence-electron chi connectivity index (χ0n) is 12.5. The molecule has 2 nitrogen and oxygen atoms in total. The Kier molecular flexibility index (Phi) is 5.07. The van der Waals surface area contributed by atoms with Gasteiger partial charge >= 0.3 is 0 Å². The summed E-state index contributed by atoms with van der Waals surface area (Å²) >= 11 is 6.10. The van der Waals surface area contributed by atoms with E-state index in [2.05, 4.69) is 12.2 Å². The van der Waals surface area contributed by atoms with E-state index >= 15 is 0 Å². The predicted octanol–water partition coefficient (Wildman–Crippen LogP) is 5.11. The number of nitrogens with one attached hydrogen (secondary N) is 1. The highest BCUT2D eigenvalue weighted by atomic mass is 35.5. The van der Waals surface area contributed by atoms with Crippen molar-refractivity contribution in [3.8, 4) is 0 Å². The molecule has 0 saturated carbocycles. The van der Waals surface area contributed by atoms with E-state index in [0.717, 1.165) is 23.4 Å². The lowest BCUT2D eigenvalue weighted by Gasteiger charge is -2.24. The largest absolute Gasteiger partial charge is 0.377 e. The maximum Gasteiger partial charge on any atom is 0.123 e. The lowest BCUT2D eigenvalue weighted by atomic mass is 10.0. The van der Waals surface area contributed by atoms with E-state index in [4.69, 9.17) is 11.6 Å². The smallest absolute Gasteiger partial charge is 0.123 e. The summed E-state index contributed by atoms with van der Waals surface area (Å²) in [4.78, 5) is 2.02. The minimum atomic E-state index is -0.216. The van der Waals surface area contributed by atoms with Gasteiger partial charge in [0.2, 0.25) is 0 Å². The van der Waals surface area contributed by atoms with E-state index in [0.29, 0.717) is 5.02 Å². The zero-order chi connectivity index (χ0) is 15.4. The van der Waals surface area contributed by atoms with Crippen molar-refractivity contribution in [1.82, 2.24) is 0 Å². The molecule has 2 rings (SSSR count). The van der Waals surface area contributed by atoms with Crippen LogP contribution in [-0.2, 0) is 0 Å². The Hall–Kier alpha value is -1.74. The van der Waals surface area contributed by atoms with Crippen LogP contribution in [0.25, 0.3) is 0 Å². The molecule has 1 N–H and O–H groups in total. The molecule has 2 aromatic rings. The third-order valence-electron chi connectivity index (χ3n) is 3.43. The van der Waals surface area contributed by atoms with Crippen LogP contribution in [0, 0.1) is 5.82 Å². The number of hydrogen-bond acceptors (Lipinski definition) is 2. The van der Waals surface area contributed by atoms with Crippen LogP contribution in [0.3, 0.4) is 0 Å². The van der Waals surface area contributed by atoms with Crippen molar-refractivity contribution in [2.75, 3.05) is 24.3 Å². The molecule has 0 saturated heterocycles. The Morgan fingerprint density at radius 3 is 2.57 bits per heavy atom. The van der Waals surface area contributed by atoms with Gasteiger partial charge in [-0.05, 0) is 42.3 Å². The highest BCUT2D eigenvalue weighted by Crippen LogP contribution is 2.32. The van der Waals surface area contributed by atoms with E-state index in [1.165, 1.54) is 6.07 Å². The van der Waals surface area contributed by atoms with E-state index in [1.807, 2.05) is 43.3 Å².